The topological polar surface area (TPSA) is 51.2 Å². The van der Waals surface area contributed by atoms with E-state index in [1.807, 2.05) is 6.92 Å². The van der Waals surface area contributed by atoms with Crippen LogP contribution in [0.15, 0.2) is 0 Å². The molecular formula is C12H18O3. The molecule has 15 heavy (non-hydrogen) atoms. The molecule has 1 fully saturated rings. The van der Waals surface area contributed by atoms with Gasteiger partial charge in [0.1, 0.15) is 17.3 Å². The van der Waals surface area contributed by atoms with Gasteiger partial charge >= 0.3 is 0 Å². The fourth-order valence-electron chi connectivity index (χ4n) is 2.27. The summed E-state index contributed by atoms with van der Waals surface area (Å²) >= 11 is 0. The van der Waals surface area contributed by atoms with Crippen molar-refractivity contribution in [2.45, 2.75) is 46.5 Å². The van der Waals surface area contributed by atoms with E-state index in [0.717, 1.165) is 0 Å². The third-order valence-electron chi connectivity index (χ3n) is 3.55. The van der Waals surface area contributed by atoms with Crippen LogP contribution in [0.1, 0.15) is 46.5 Å². The molecule has 0 radical (unpaired) electrons. The number of hydrogen-bond donors (Lipinski definition) is 0. The molecular weight excluding hydrogens is 192 g/mol. The third kappa shape index (κ3) is 2.16. The van der Waals surface area contributed by atoms with Crippen molar-refractivity contribution < 1.29 is 14.4 Å². The standard InChI is InChI=1S/C12H18O3/c1-8(7-9(2)13)12(3)10(14)5-4-6-11(12)15/h8H,4-7H2,1-3H3. The minimum Gasteiger partial charge on any atom is -0.300 e. The van der Waals surface area contributed by atoms with Crippen LogP contribution in [0, 0.1) is 11.3 Å². The molecule has 1 aliphatic rings. The van der Waals surface area contributed by atoms with Gasteiger partial charge < -0.3 is 4.79 Å². The van der Waals surface area contributed by atoms with Gasteiger partial charge in [0.15, 0.2) is 0 Å². The number of ketones is 3. The van der Waals surface area contributed by atoms with Gasteiger partial charge in [-0.2, -0.15) is 0 Å². The largest absolute Gasteiger partial charge is 0.300 e. The Balaban J connectivity index is 2.90. The Morgan fingerprint density at radius 2 is 1.80 bits per heavy atom. The first-order valence-corrected chi connectivity index (χ1v) is 5.45. The van der Waals surface area contributed by atoms with Crippen molar-refractivity contribution >= 4 is 17.3 Å². The predicted octanol–water partition coefficient (Wildman–Crippen LogP) is 1.93. The van der Waals surface area contributed by atoms with E-state index in [1.54, 1.807) is 6.92 Å². The van der Waals surface area contributed by atoms with Crippen LogP contribution in [0.4, 0.5) is 0 Å². The van der Waals surface area contributed by atoms with Crippen LogP contribution >= 0.6 is 0 Å². The maximum atomic E-state index is 11.8. The van der Waals surface area contributed by atoms with Gasteiger partial charge in [-0.3, -0.25) is 9.59 Å². The van der Waals surface area contributed by atoms with Crippen molar-refractivity contribution in [1.82, 2.24) is 0 Å². The maximum Gasteiger partial charge on any atom is 0.146 e. The second-order valence-corrected chi connectivity index (χ2v) is 4.71. The van der Waals surface area contributed by atoms with Gasteiger partial charge in [0.05, 0.1) is 5.41 Å². The minimum atomic E-state index is -0.913. The van der Waals surface area contributed by atoms with E-state index < -0.39 is 5.41 Å². The first kappa shape index (κ1) is 12.1. The Morgan fingerprint density at radius 3 is 2.20 bits per heavy atom. The fourth-order valence-corrected chi connectivity index (χ4v) is 2.27. The van der Waals surface area contributed by atoms with E-state index in [0.29, 0.717) is 25.7 Å². The summed E-state index contributed by atoms with van der Waals surface area (Å²) in [6.07, 6.45) is 1.93. The van der Waals surface area contributed by atoms with Gasteiger partial charge in [-0.15, -0.1) is 0 Å². The fraction of sp³-hybridized carbons (Fsp3) is 0.750. The Bertz CT molecular complexity index is 288. The lowest BCUT2D eigenvalue weighted by molar-refractivity contribution is -0.146. The first-order valence-electron chi connectivity index (χ1n) is 5.45. The summed E-state index contributed by atoms with van der Waals surface area (Å²) in [5.41, 5.74) is -0.913. The van der Waals surface area contributed by atoms with Crippen LogP contribution in [-0.4, -0.2) is 17.3 Å². The normalized spacial score (nSPS) is 22.6. The molecule has 1 aliphatic carbocycles. The molecule has 1 saturated carbocycles. The molecule has 0 aromatic carbocycles. The second-order valence-electron chi connectivity index (χ2n) is 4.71. The van der Waals surface area contributed by atoms with Crippen LogP contribution in [0.3, 0.4) is 0 Å². The second kappa shape index (κ2) is 4.25. The van der Waals surface area contributed by atoms with E-state index in [1.165, 1.54) is 6.92 Å². The molecule has 0 saturated heterocycles. The molecule has 0 aliphatic heterocycles. The summed E-state index contributed by atoms with van der Waals surface area (Å²) in [7, 11) is 0. The van der Waals surface area contributed by atoms with Crippen molar-refractivity contribution in [3.63, 3.8) is 0 Å². The maximum absolute atomic E-state index is 11.8. The van der Waals surface area contributed by atoms with Crippen LogP contribution < -0.4 is 0 Å². The summed E-state index contributed by atoms with van der Waals surface area (Å²) in [6.45, 7) is 5.02. The molecule has 0 N–H and O–H groups in total. The molecule has 0 amide bonds. The number of hydrogen-bond acceptors (Lipinski definition) is 3. The molecule has 84 valence electrons. The summed E-state index contributed by atoms with van der Waals surface area (Å²) < 4.78 is 0. The average Bonchev–Trinajstić information content (AvgIpc) is 2.12. The average molecular weight is 210 g/mol. The van der Waals surface area contributed by atoms with Gasteiger partial charge in [-0.25, -0.2) is 0 Å². The Labute approximate surface area is 90.2 Å². The highest BCUT2D eigenvalue weighted by atomic mass is 16.2. The van der Waals surface area contributed by atoms with E-state index in [2.05, 4.69) is 0 Å². The minimum absolute atomic E-state index is 0.00694. The van der Waals surface area contributed by atoms with Gasteiger partial charge in [0, 0.05) is 19.3 Å². The monoisotopic (exact) mass is 210 g/mol. The van der Waals surface area contributed by atoms with Crippen LogP contribution in [0.25, 0.3) is 0 Å². The molecule has 1 rings (SSSR count). The highest BCUT2D eigenvalue weighted by Gasteiger charge is 2.46. The van der Waals surface area contributed by atoms with Crippen molar-refractivity contribution in [2.75, 3.05) is 0 Å². The highest BCUT2D eigenvalue weighted by molar-refractivity contribution is 6.09. The Morgan fingerprint density at radius 1 is 1.33 bits per heavy atom. The molecule has 0 bridgehead atoms. The zero-order valence-electron chi connectivity index (χ0n) is 9.63. The summed E-state index contributed by atoms with van der Waals surface area (Å²) in [5, 5.41) is 0. The summed E-state index contributed by atoms with van der Waals surface area (Å²) in [5.74, 6) is -0.120. The van der Waals surface area contributed by atoms with Crippen molar-refractivity contribution in [3.05, 3.63) is 0 Å². The van der Waals surface area contributed by atoms with Crippen molar-refractivity contribution in [2.24, 2.45) is 11.3 Å². The van der Waals surface area contributed by atoms with Crippen molar-refractivity contribution in [1.29, 1.82) is 0 Å². The van der Waals surface area contributed by atoms with E-state index in [9.17, 15) is 14.4 Å². The van der Waals surface area contributed by atoms with E-state index in [4.69, 9.17) is 0 Å². The number of Topliss-reactive ketones (excluding diaryl/α,β-unsaturated/α-hetero) is 3. The number of carbonyl (C=O) groups excluding carboxylic acids is 3. The SMILES string of the molecule is CC(=O)CC(C)C1(C)C(=O)CCCC1=O. The quantitative estimate of drug-likeness (QED) is 0.669. The van der Waals surface area contributed by atoms with Gasteiger partial charge in [0.25, 0.3) is 0 Å². The molecule has 0 aromatic rings. The lowest BCUT2D eigenvalue weighted by atomic mass is 9.65. The van der Waals surface area contributed by atoms with E-state index in [-0.39, 0.29) is 23.3 Å². The van der Waals surface area contributed by atoms with E-state index >= 15 is 0 Å². The number of carbonyl (C=O) groups is 3. The Kier molecular flexibility index (Phi) is 3.42. The highest BCUT2D eigenvalue weighted by Crippen LogP contribution is 2.38. The summed E-state index contributed by atoms with van der Waals surface area (Å²) in [4.78, 5) is 34.7. The zero-order valence-corrected chi connectivity index (χ0v) is 9.63. The van der Waals surface area contributed by atoms with Crippen molar-refractivity contribution in [3.8, 4) is 0 Å². The molecule has 0 aromatic heterocycles. The van der Waals surface area contributed by atoms with Gasteiger partial charge in [-0.1, -0.05) is 6.92 Å². The molecule has 1 atom stereocenters. The molecule has 0 spiro atoms. The first-order chi connectivity index (χ1) is 6.89. The van der Waals surface area contributed by atoms with Gasteiger partial charge in [-0.05, 0) is 26.2 Å². The lowest BCUT2D eigenvalue weighted by Gasteiger charge is -2.35. The smallest absolute Gasteiger partial charge is 0.146 e. The molecule has 3 nitrogen and oxygen atoms in total. The van der Waals surface area contributed by atoms with Crippen LogP contribution in [-0.2, 0) is 14.4 Å². The third-order valence-corrected chi connectivity index (χ3v) is 3.55. The summed E-state index contributed by atoms with van der Waals surface area (Å²) in [6, 6.07) is 0. The predicted molar refractivity (Wildman–Crippen MR) is 56.4 cm³/mol. The van der Waals surface area contributed by atoms with Crippen LogP contribution in [0.5, 0.6) is 0 Å². The molecule has 3 heteroatoms. The van der Waals surface area contributed by atoms with Gasteiger partial charge in [0.2, 0.25) is 0 Å². The Hall–Kier alpha value is -0.990. The number of rotatable bonds is 3. The zero-order chi connectivity index (χ0) is 11.6. The molecule has 1 unspecified atom stereocenters. The molecule has 0 heterocycles. The lowest BCUT2D eigenvalue weighted by Crippen LogP contribution is -2.45. The van der Waals surface area contributed by atoms with Crippen LogP contribution in [0.2, 0.25) is 0 Å².